The van der Waals surface area contributed by atoms with Gasteiger partial charge in [-0.3, -0.25) is 4.79 Å². The highest BCUT2D eigenvalue weighted by Gasteiger charge is 2.21. The first-order valence-corrected chi connectivity index (χ1v) is 10.5. The fourth-order valence-electron chi connectivity index (χ4n) is 2.61. The Bertz CT molecular complexity index is 878. The van der Waals surface area contributed by atoms with Crippen LogP contribution in [0.5, 0.6) is 11.5 Å². The van der Waals surface area contributed by atoms with Crippen LogP contribution in [0.4, 0.5) is 0 Å². The molecule has 6 nitrogen and oxygen atoms in total. The van der Waals surface area contributed by atoms with Gasteiger partial charge in [-0.25, -0.2) is 0 Å². The lowest BCUT2D eigenvalue weighted by atomic mass is 10.1. The molecule has 2 aromatic carbocycles. The summed E-state index contributed by atoms with van der Waals surface area (Å²) >= 11 is 0. The van der Waals surface area contributed by atoms with Crippen LogP contribution in [-0.4, -0.2) is 38.6 Å². The van der Waals surface area contributed by atoms with Gasteiger partial charge in [0.15, 0.2) is 0 Å². The van der Waals surface area contributed by atoms with Gasteiger partial charge < -0.3 is 13.8 Å². The van der Waals surface area contributed by atoms with Crippen molar-refractivity contribution in [1.82, 2.24) is 4.90 Å². The van der Waals surface area contributed by atoms with Gasteiger partial charge in [0.05, 0.1) is 13.4 Å². The molecule has 0 heterocycles. The molecule has 0 aromatic heterocycles. The summed E-state index contributed by atoms with van der Waals surface area (Å²) in [6, 6.07) is 13.7. The monoisotopic (exact) mass is 391 g/mol. The Kier molecular flexibility index (Phi) is 6.85. The third kappa shape index (κ3) is 5.99. The zero-order chi connectivity index (χ0) is 20.0. The molecule has 1 atom stereocenters. The molecule has 0 N–H and O–H groups in total. The highest BCUT2D eigenvalue weighted by atomic mass is 32.2. The summed E-state index contributed by atoms with van der Waals surface area (Å²) in [5, 5.41) is 0. The van der Waals surface area contributed by atoms with Crippen LogP contribution in [0.15, 0.2) is 48.5 Å². The summed E-state index contributed by atoms with van der Waals surface area (Å²) in [6.45, 7) is 4.35. The van der Waals surface area contributed by atoms with E-state index < -0.39 is 10.1 Å². The molecule has 0 radical (unpaired) electrons. The summed E-state index contributed by atoms with van der Waals surface area (Å²) in [5.41, 5.74) is 1.36. The molecule has 0 aliphatic carbocycles. The molecule has 0 saturated heterocycles. The number of amides is 1. The Labute approximate surface area is 160 Å². The standard InChI is InChI=1S/C20H25NO5S/c1-5-15(2)21(20(22)17-9-11-18(25-3)12-10-17)14-16-7-6-8-19(13-16)26-27(4,23)24/h6-13,15H,5,14H2,1-4H3. The van der Waals surface area contributed by atoms with Crippen molar-refractivity contribution in [3.8, 4) is 11.5 Å². The maximum atomic E-state index is 13.0. The lowest BCUT2D eigenvalue weighted by molar-refractivity contribution is 0.0671. The summed E-state index contributed by atoms with van der Waals surface area (Å²) in [7, 11) is -2.02. The quantitative estimate of drug-likeness (QED) is 0.644. The Morgan fingerprint density at radius 1 is 1.11 bits per heavy atom. The van der Waals surface area contributed by atoms with Gasteiger partial charge in [0.2, 0.25) is 0 Å². The van der Waals surface area contributed by atoms with Crippen LogP contribution in [0.1, 0.15) is 36.2 Å². The van der Waals surface area contributed by atoms with E-state index >= 15 is 0 Å². The van der Waals surface area contributed by atoms with Gasteiger partial charge in [0.25, 0.3) is 5.91 Å². The number of benzene rings is 2. The molecule has 1 unspecified atom stereocenters. The molecule has 146 valence electrons. The lowest BCUT2D eigenvalue weighted by Gasteiger charge is -2.29. The number of carbonyl (C=O) groups is 1. The summed E-state index contributed by atoms with van der Waals surface area (Å²) in [4.78, 5) is 14.8. The topological polar surface area (TPSA) is 72.9 Å². The van der Waals surface area contributed by atoms with E-state index in [1.807, 2.05) is 19.9 Å². The lowest BCUT2D eigenvalue weighted by Crippen LogP contribution is -2.37. The Hall–Kier alpha value is -2.54. The molecule has 2 aromatic rings. The first-order valence-electron chi connectivity index (χ1n) is 8.67. The molecule has 0 bridgehead atoms. The van der Waals surface area contributed by atoms with Gasteiger partial charge in [0, 0.05) is 18.2 Å². The van der Waals surface area contributed by atoms with E-state index in [1.165, 1.54) is 0 Å². The molecule has 1 amide bonds. The van der Waals surface area contributed by atoms with Crippen molar-refractivity contribution in [2.45, 2.75) is 32.9 Å². The zero-order valence-corrected chi connectivity index (χ0v) is 16.8. The second kappa shape index (κ2) is 8.90. The van der Waals surface area contributed by atoms with Gasteiger partial charge in [-0.05, 0) is 55.3 Å². The fourth-order valence-corrected chi connectivity index (χ4v) is 3.07. The van der Waals surface area contributed by atoms with E-state index in [-0.39, 0.29) is 17.7 Å². The highest BCUT2D eigenvalue weighted by molar-refractivity contribution is 7.86. The van der Waals surface area contributed by atoms with Gasteiger partial charge in [-0.2, -0.15) is 8.42 Å². The van der Waals surface area contributed by atoms with Crippen molar-refractivity contribution in [1.29, 1.82) is 0 Å². The zero-order valence-electron chi connectivity index (χ0n) is 16.0. The average molecular weight is 391 g/mol. The number of nitrogens with zero attached hydrogens (tertiary/aromatic N) is 1. The van der Waals surface area contributed by atoms with Gasteiger partial charge in [-0.1, -0.05) is 19.1 Å². The molecule has 0 aliphatic heterocycles. The van der Waals surface area contributed by atoms with E-state index in [0.717, 1.165) is 18.2 Å². The van der Waals surface area contributed by atoms with Gasteiger partial charge >= 0.3 is 10.1 Å². The van der Waals surface area contributed by atoms with E-state index in [0.29, 0.717) is 17.9 Å². The van der Waals surface area contributed by atoms with Gasteiger partial charge in [-0.15, -0.1) is 0 Å². The van der Waals surface area contributed by atoms with E-state index in [4.69, 9.17) is 8.92 Å². The Balaban J connectivity index is 2.26. The van der Waals surface area contributed by atoms with Crippen molar-refractivity contribution in [3.05, 3.63) is 59.7 Å². The number of ether oxygens (including phenoxy) is 1. The number of carbonyl (C=O) groups excluding carboxylic acids is 1. The molecule has 0 saturated carbocycles. The number of rotatable bonds is 8. The SMILES string of the molecule is CCC(C)N(Cc1cccc(OS(C)(=O)=O)c1)C(=O)c1ccc(OC)cc1. The molecule has 27 heavy (non-hydrogen) atoms. The first-order chi connectivity index (χ1) is 12.7. The van der Waals surface area contributed by atoms with Crippen LogP contribution >= 0.6 is 0 Å². The van der Waals surface area contributed by atoms with Crippen molar-refractivity contribution < 1.29 is 22.1 Å². The summed E-state index contributed by atoms with van der Waals surface area (Å²) in [5.74, 6) is 0.824. The second-order valence-corrected chi connectivity index (χ2v) is 7.93. The molecule has 0 fully saturated rings. The Morgan fingerprint density at radius 2 is 1.78 bits per heavy atom. The van der Waals surface area contributed by atoms with Crippen LogP contribution in [0.2, 0.25) is 0 Å². The molecular weight excluding hydrogens is 366 g/mol. The Morgan fingerprint density at radius 3 is 2.33 bits per heavy atom. The number of hydrogen-bond donors (Lipinski definition) is 0. The molecule has 2 rings (SSSR count). The normalized spacial score (nSPS) is 12.3. The summed E-state index contributed by atoms with van der Waals surface area (Å²) < 4.78 is 32.7. The van der Waals surface area contributed by atoms with Gasteiger partial charge in [0.1, 0.15) is 11.5 Å². The third-order valence-electron chi connectivity index (χ3n) is 4.22. The predicted molar refractivity (Wildman–Crippen MR) is 105 cm³/mol. The number of hydrogen-bond acceptors (Lipinski definition) is 5. The molecule has 7 heteroatoms. The maximum Gasteiger partial charge on any atom is 0.306 e. The fraction of sp³-hybridized carbons (Fsp3) is 0.350. The number of methoxy groups -OCH3 is 1. The van der Waals surface area contributed by atoms with Crippen LogP contribution in [0.3, 0.4) is 0 Å². The average Bonchev–Trinajstić information content (AvgIpc) is 2.64. The van der Waals surface area contributed by atoms with Crippen LogP contribution in [0, 0.1) is 0 Å². The van der Waals surface area contributed by atoms with Crippen molar-refractivity contribution >= 4 is 16.0 Å². The van der Waals surface area contributed by atoms with Crippen molar-refractivity contribution in [2.24, 2.45) is 0 Å². The first kappa shape index (κ1) is 20.8. The van der Waals surface area contributed by atoms with Crippen molar-refractivity contribution in [3.63, 3.8) is 0 Å². The smallest absolute Gasteiger partial charge is 0.306 e. The molecule has 0 aliphatic rings. The minimum Gasteiger partial charge on any atom is -0.497 e. The van der Waals surface area contributed by atoms with E-state index in [2.05, 4.69) is 0 Å². The highest BCUT2D eigenvalue weighted by Crippen LogP contribution is 2.21. The summed E-state index contributed by atoms with van der Waals surface area (Å²) in [6.07, 6.45) is 1.79. The largest absolute Gasteiger partial charge is 0.497 e. The van der Waals surface area contributed by atoms with Crippen LogP contribution in [-0.2, 0) is 16.7 Å². The van der Waals surface area contributed by atoms with Crippen LogP contribution in [0.25, 0.3) is 0 Å². The molecular formula is C20H25NO5S. The minimum atomic E-state index is -3.60. The second-order valence-electron chi connectivity index (χ2n) is 6.35. The van der Waals surface area contributed by atoms with Crippen LogP contribution < -0.4 is 8.92 Å². The minimum absolute atomic E-state index is 0.0130. The predicted octanol–water partition coefficient (Wildman–Crippen LogP) is 3.47. The van der Waals surface area contributed by atoms with E-state index in [9.17, 15) is 13.2 Å². The van der Waals surface area contributed by atoms with E-state index in [1.54, 1.807) is 54.5 Å². The van der Waals surface area contributed by atoms with Crippen molar-refractivity contribution in [2.75, 3.05) is 13.4 Å². The molecule has 0 spiro atoms. The maximum absolute atomic E-state index is 13.0. The third-order valence-corrected chi connectivity index (χ3v) is 4.71.